The Morgan fingerprint density at radius 1 is 0.574 bits per heavy atom. The molecule has 1 unspecified atom stereocenters. The van der Waals surface area contributed by atoms with Crippen LogP contribution in [0.25, 0.3) is 0 Å². The minimum Gasteiger partial charge on any atom is -0.496 e. The molecular formula is C43H47BF4NO2P2Rh-. The van der Waals surface area contributed by atoms with Gasteiger partial charge in [0, 0.05) is 49.5 Å². The number of hydrogen-bond donors (Lipinski definition) is 0. The Kier molecular flexibility index (Phi) is 20.1. The van der Waals surface area contributed by atoms with Gasteiger partial charge in [0.05, 0.1) is 15.3 Å². The van der Waals surface area contributed by atoms with Crippen molar-refractivity contribution in [1.29, 1.82) is 0 Å². The maximum Gasteiger partial charge on any atom is 0.673 e. The van der Waals surface area contributed by atoms with E-state index >= 15 is 0 Å². The van der Waals surface area contributed by atoms with Gasteiger partial charge in [-0.15, -0.1) is 0 Å². The van der Waals surface area contributed by atoms with Crippen molar-refractivity contribution in [1.82, 2.24) is 4.67 Å². The van der Waals surface area contributed by atoms with Crippen molar-refractivity contribution in [2.45, 2.75) is 44.8 Å². The third kappa shape index (κ3) is 15.0. The van der Waals surface area contributed by atoms with E-state index in [1.807, 2.05) is 6.07 Å². The SMILES string of the molecule is C1=C\CC/C=C\CC/1.COc1ccccc1P(c1ccccc1)N(C)[C@H](C)[C@@H](OP(c1ccccc1)c1ccccc1)c1ccccc1.F[B-](F)(F)F.[Rh]. The second-order valence-electron chi connectivity index (χ2n) is 12.1. The number of allylic oxidation sites excluding steroid dienone is 4. The van der Waals surface area contributed by atoms with E-state index in [0.717, 1.165) is 5.75 Å². The molecule has 5 aromatic rings. The standard InChI is InChI=1S/C35H35NO2P2.C8H12.BF4.Rh/c1-28(36(2)39(30-20-10-5-11-21-30)34-27-17-16-26-33(34)37-3)35(29-18-8-4-9-19-29)38-40(31-22-12-6-13-23-31)32-24-14-7-15-25-32;1-2-4-6-8-7-5-3-1;2-1(3,4)5;/h4-28,35H,1-3H3;1-2,7-8H,3-6H2;;/q;;-1;/b;2-1-,8-7-;;/t28-,35-,39?;;;/m1.../s1. The van der Waals surface area contributed by atoms with Gasteiger partial charge in [-0.2, -0.15) is 0 Å². The van der Waals surface area contributed by atoms with Crippen molar-refractivity contribution < 1.29 is 46.0 Å². The summed E-state index contributed by atoms with van der Waals surface area (Å²) in [7, 11) is -3.97. The Labute approximate surface area is 334 Å². The summed E-state index contributed by atoms with van der Waals surface area (Å²) in [5.74, 6) is 0.907. The molecule has 3 atom stereocenters. The Hall–Kier alpha value is -3.43. The van der Waals surface area contributed by atoms with Gasteiger partial charge in [-0.1, -0.05) is 158 Å². The minimum atomic E-state index is -6.00. The molecule has 1 aliphatic rings. The summed E-state index contributed by atoms with van der Waals surface area (Å²) in [5.41, 5.74) is 1.17. The van der Waals surface area contributed by atoms with Crippen LogP contribution in [0, 0.1) is 0 Å². The second-order valence-corrected chi connectivity index (χ2v) is 16.2. The zero-order valence-corrected chi connectivity index (χ0v) is 34.2. The number of halogens is 4. The normalized spacial score (nSPS) is 15.4. The van der Waals surface area contributed by atoms with Crippen molar-refractivity contribution in [2.75, 3.05) is 14.2 Å². The maximum absolute atomic E-state index is 9.75. The monoisotopic (exact) mass is 861 g/mol. The molecule has 54 heavy (non-hydrogen) atoms. The molecular weight excluding hydrogens is 814 g/mol. The topological polar surface area (TPSA) is 21.7 Å². The van der Waals surface area contributed by atoms with Crippen molar-refractivity contribution in [3.05, 3.63) is 175 Å². The quantitative estimate of drug-likeness (QED) is 0.0572. The van der Waals surface area contributed by atoms with E-state index in [0.29, 0.717) is 0 Å². The Bertz CT molecular complexity index is 1740. The number of para-hydroxylation sites is 1. The minimum absolute atomic E-state index is 0. The van der Waals surface area contributed by atoms with Crippen molar-refractivity contribution in [3.8, 4) is 5.75 Å². The fourth-order valence-electron chi connectivity index (χ4n) is 5.68. The van der Waals surface area contributed by atoms with E-state index in [2.05, 4.69) is 182 Å². The summed E-state index contributed by atoms with van der Waals surface area (Å²) >= 11 is 0. The van der Waals surface area contributed by atoms with Gasteiger partial charge in [0.15, 0.2) is 0 Å². The summed E-state index contributed by atoms with van der Waals surface area (Å²) in [4.78, 5) is 0. The zero-order chi connectivity index (χ0) is 37.9. The molecule has 0 aliphatic heterocycles. The van der Waals surface area contributed by atoms with Crippen LogP contribution < -0.4 is 26.0 Å². The summed E-state index contributed by atoms with van der Waals surface area (Å²) in [6, 6.07) is 51.1. The molecule has 3 nitrogen and oxygen atoms in total. The second kappa shape index (κ2) is 24.2. The first kappa shape index (κ1) is 45.0. The maximum atomic E-state index is 9.75. The molecule has 0 saturated carbocycles. The largest absolute Gasteiger partial charge is 0.673 e. The Morgan fingerprint density at radius 3 is 1.37 bits per heavy atom. The fraction of sp³-hybridized carbons (Fsp3) is 0.209. The number of rotatable bonds is 11. The molecule has 287 valence electrons. The average molecular weight is 862 g/mol. The third-order valence-electron chi connectivity index (χ3n) is 8.32. The molecule has 6 rings (SSSR count). The first-order valence-electron chi connectivity index (χ1n) is 17.7. The van der Waals surface area contributed by atoms with Crippen LogP contribution in [0.3, 0.4) is 0 Å². The van der Waals surface area contributed by atoms with E-state index in [9.17, 15) is 17.3 Å². The fourth-order valence-corrected chi connectivity index (χ4v) is 10.2. The number of benzene rings is 5. The van der Waals surface area contributed by atoms with Gasteiger partial charge in [-0.25, -0.2) is 0 Å². The number of nitrogens with zero attached hydrogens (tertiary/aromatic N) is 1. The molecule has 0 saturated heterocycles. The van der Waals surface area contributed by atoms with Gasteiger partial charge in [0.25, 0.3) is 0 Å². The van der Waals surface area contributed by atoms with Gasteiger partial charge in [0.1, 0.15) is 11.9 Å². The summed E-state index contributed by atoms with van der Waals surface area (Å²) < 4.78 is 54.6. The van der Waals surface area contributed by atoms with Crippen LogP contribution in [0.15, 0.2) is 170 Å². The van der Waals surface area contributed by atoms with Crippen LogP contribution in [0.4, 0.5) is 17.3 Å². The van der Waals surface area contributed by atoms with E-state index in [-0.39, 0.29) is 31.6 Å². The molecule has 0 N–H and O–H groups in total. The summed E-state index contributed by atoms with van der Waals surface area (Å²) in [6.45, 7) is 2.29. The van der Waals surface area contributed by atoms with Gasteiger partial charge in [-0.05, 0) is 62.7 Å². The average Bonchev–Trinajstić information content (AvgIpc) is 3.16. The zero-order valence-electron chi connectivity index (χ0n) is 30.7. The van der Waals surface area contributed by atoms with Gasteiger partial charge in [-0.3, -0.25) is 4.67 Å². The number of methoxy groups -OCH3 is 1. The van der Waals surface area contributed by atoms with Crippen LogP contribution in [0.5, 0.6) is 5.75 Å². The van der Waals surface area contributed by atoms with Gasteiger partial charge >= 0.3 is 7.25 Å². The number of ether oxygens (including phenoxy) is 1. The molecule has 0 amide bonds. The summed E-state index contributed by atoms with van der Waals surface area (Å²) in [6.07, 6.45) is 13.8. The van der Waals surface area contributed by atoms with E-state index in [1.54, 1.807) is 7.11 Å². The van der Waals surface area contributed by atoms with Crippen LogP contribution in [0.1, 0.15) is 44.3 Å². The molecule has 0 fully saturated rings. The van der Waals surface area contributed by atoms with Crippen LogP contribution in [0.2, 0.25) is 0 Å². The summed E-state index contributed by atoms with van der Waals surface area (Å²) in [5, 5.41) is 4.88. The Morgan fingerprint density at radius 2 is 0.944 bits per heavy atom. The molecule has 0 spiro atoms. The number of hydrogen-bond acceptors (Lipinski definition) is 3. The van der Waals surface area contributed by atoms with Crippen molar-refractivity contribution in [3.63, 3.8) is 0 Å². The van der Waals surface area contributed by atoms with Gasteiger partial charge in [0.2, 0.25) is 0 Å². The van der Waals surface area contributed by atoms with Crippen molar-refractivity contribution >= 4 is 44.7 Å². The predicted molar refractivity (Wildman–Crippen MR) is 219 cm³/mol. The van der Waals surface area contributed by atoms with E-state index in [4.69, 9.17) is 9.26 Å². The van der Waals surface area contributed by atoms with Crippen LogP contribution >= 0.6 is 16.2 Å². The molecule has 11 heteroatoms. The van der Waals surface area contributed by atoms with E-state index in [1.165, 1.54) is 52.5 Å². The first-order chi connectivity index (χ1) is 25.7. The first-order valence-corrected chi connectivity index (χ1v) is 20.2. The predicted octanol–water partition coefficient (Wildman–Crippen LogP) is 11.1. The Balaban J connectivity index is 0.000000476. The smallest absolute Gasteiger partial charge is 0.496 e. The molecule has 5 aromatic carbocycles. The molecule has 1 aliphatic carbocycles. The molecule has 0 aromatic heterocycles. The molecule has 0 bridgehead atoms. The van der Waals surface area contributed by atoms with Crippen molar-refractivity contribution in [2.24, 2.45) is 0 Å². The van der Waals surface area contributed by atoms with Crippen LogP contribution in [-0.2, 0) is 24.0 Å². The van der Waals surface area contributed by atoms with Crippen LogP contribution in [-0.4, -0.2) is 32.1 Å². The third-order valence-corrected chi connectivity index (χ3v) is 12.9. The number of likely N-dealkylation sites (N-methyl/N-ethyl adjacent to an activating group) is 1. The molecule has 0 heterocycles. The van der Waals surface area contributed by atoms with Gasteiger partial charge < -0.3 is 26.5 Å². The van der Waals surface area contributed by atoms with E-state index < -0.39 is 23.5 Å². The molecule has 1 radical (unpaired) electrons.